The van der Waals surface area contributed by atoms with Crippen LogP contribution in [0.15, 0.2) is 54.9 Å². The molecular formula is C25H30N6O2. The summed E-state index contributed by atoms with van der Waals surface area (Å²) in [5.74, 6) is -0.143. The quantitative estimate of drug-likeness (QED) is 0.557. The molecule has 1 saturated heterocycles. The number of nitrogens with zero attached hydrogens (tertiary/aromatic N) is 6. The second-order valence-corrected chi connectivity index (χ2v) is 8.50. The third-order valence-corrected chi connectivity index (χ3v) is 6.27. The van der Waals surface area contributed by atoms with Crippen LogP contribution in [0.5, 0.6) is 0 Å². The summed E-state index contributed by atoms with van der Waals surface area (Å²) in [6.45, 7) is 6.66. The number of benzene rings is 2. The minimum absolute atomic E-state index is 0.0214. The summed E-state index contributed by atoms with van der Waals surface area (Å²) in [5.41, 5.74) is 4.61. The zero-order valence-corrected chi connectivity index (χ0v) is 19.2. The summed E-state index contributed by atoms with van der Waals surface area (Å²) in [4.78, 5) is 30.0. The first kappa shape index (κ1) is 22.6. The Morgan fingerprint density at radius 3 is 2.61 bits per heavy atom. The first-order valence-corrected chi connectivity index (χ1v) is 11.5. The van der Waals surface area contributed by atoms with Crippen molar-refractivity contribution in [2.24, 2.45) is 5.92 Å². The highest BCUT2D eigenvalue weighted by Crippen LogP contribution is 2.27. The normalized spacial score (nSPS) is 16.7. The summed E-state index contributed by atoms with van der Waals surface area (Å²) in [6, 6.07) is 16.7. The van der Waals surface area contributed by atoms with Crippen LogP contribution in [0.1, 0.15) is 24.5 Å². The van der Waals surface area contributed by atoms with Crippen molar-refractivity contribution in [1.29, 1.82) is 0 Å². The number of rotatable bonds is 7. The lowest BCUT2D eigenvalue weighted by Gasteiger charge is -2.24. The molecule has 0 saturated carbocycles. The number of carbonyl (C=O) groups excluding carboxylic acids is 2. The average Bonchev–Trinajstić information content (AvgIpc) is 3.30. The largest absolute Gasteiger partial charge is 0.341 e. The second-order valence-electron chi connectivity index (χ2n) is 8.50. The van der Waals surface area contributed by atoms with E-state index < -0.39 is 0 Å². The molecule has 2 heterocycles. The van der Waals surface area contributed by atoms with Crippen LogP contribution in [0.25, 0.3) is 11.1 Å². The average molecular weight is 447 g/mol. The van der Waals surface area contributed by atoms with Crippen molar-refractivity contribution in [2.75, 3.05) is 26.2 Å². The molecule has 33 heavy (non-hydrogen) atoms. The van der Waals surface area contributed by atoms with Gasteiger partial charge in [-0.1, -0.05) is 54.1 Å². The molecule has 2 aromatic carbocycles. The SMILES string of the molecule is CCN1CCN(C(=O)CCn2cnnn2)C[C@H](Cc2ccccc2-c2ccc(C)cc2)C1=O. The van der Waals surface area contributed by atoms with E-state index in [4.69, 9.17) is 0 Å². The lowest BCUT2D eigenvalue weighted by molar-refractivity contribution is -0.134. The summed E-state index contributed by atoms with van der Waals surface area (Å²) in [6.07, 6.45) is 2.40. The van der Waals surface area contributed by atoms with E-state index in [0.717, 1.165) is 16.7 Å². The summed E-state index contributed by atoms with van der Waals surface area (Å²) in [7, 11) is 0. The minimum atomic E-state index is -0.281. The van der Waals surface area contributed by atoms with Gasteiger partial charge in [0.15, 0.2) is 0 Å². The maximum atomic E-state index is 13.3. The van der Waals surface area contributed by atoms with E-state index in [2.05, 4.69) is 58.8 Å². The van der Waals surface area contributed by atoms with Crippen LogP contribution in [0.3, 0.4) is 0 Å². The maximum absolute atomic E-state index is 13.3. The van der Waals surface area contributed by atoms with Crippen molar-refractivity contribution < 1.29 is 9.59 Å². The number of likely N-dealkylation sites (N-methyl/N-ethyl adjacent to an activating group) is 1. The standard InChI is InChI=1S/C25H30N6O2/c1-3-29-14-15-30(24(32)12-13-31-18-26-27-28-31)17-22(25(29)33)16-21-6-4-5-7-23(21)20-10-8-19(2)9-11-20/h4-11,18,22H,3,12-17H2,1-2H3/t22-/m0/s1. The van der Waals surface area contributed by atoms with Crippen LogP contribution in [0.2, 0.25) is 0 Å². The van der Waals surface area contributed by atoms with Crippen molar-refractivity contribution in [2.45, 2.75) is 33.2 Å². The highest BCUT2D eigenvalue weighted by atomic mass is 16.2. The molecule has 2 amide bonds. The molecule has 8 heteroatoms. The molecule has 4 rings (SSSR count). The van der Waals surface area contributed by atoms with Gasteiger partial charge in [0, 0.05) is 32.6 Å². The van der Waals surface area contributed by atoms with Gasteiger partial charge >= 0.3 is 0 Å². The molecule has 0 unspecified atom stereocenters. The zero-order chi connectivity index (χ0) is 23.2. The fourth-order valence-corrected chi connectivity index (χ4v) is 4.37. The molecule has 1 atom stereocenters. The summed E-state index contributed by atoms with van der Waals surface area (Å²) in [5, 5.41) is 11.0. The van der Waals surface area contributed by atoms with Crippen LogP contribution >= 0.6 is 0 Å². The highest BCUT2D eigenvalue weighted by molar-refractivity contribution is 5.83. The van der Waals surface area contributed by atoms with E-state index in [1.165, 1.54) is 11.9 Å². The highest BCUT2D eigenvalue weighted by Gasteiger charge is 2.32. The molecular weight excluding hydrogens is 416 g/mol. The fourth-order valence-electron chi connectivity index (χ4n) is 4.37. The Labute approximate surface area is 194 Å². The molecule has 0 spiro atoms. The Bertz CT molecular complexity index is 1080. The predicted octanol–water partition coefficient (Wildman–Crippen LogP) is 2.59. The Balaban J connectivity index is 1.54. The first-order chi connectivity index (χ1) is 16.0. The summed E-state index contributed by atoms with van der Waals surface area (Å²) >= 11 is 0. The monoisotopic (exact) mass is 446 g/mol. The van der Waals surface area contributed by atoms with Crippen LogP contribution in [0, 0.1) is 12.8 Å². The first-order valence-electron chi connectivity index (χ1n) is 11.5. The van der Waals surface area contributed by atoms with E-state index in [9.17, 15) is 9.59 Å². The molecule has 1 aliphatic rings. The number of aromatic nitrogens is 4. The molecule has 0 bridgehead atoms. The zero-order valence-electron chi connectivity index (χ0n) is 19.2. The lowest BCUT2D eigenvalue weighted by atomic mass is 9.91. The smallest absolute Gasteiger partial charge is 0.227 e. The Hall–Kier alpha value is -3.55. The predicted molar refractivity (Wildman–Crippen MR) is 125 cm³/mol. The molecule has 0 radical (unpaired) electrons. The Morgan fingerprint density at radius 1 is 1.09 bits per heavy atom. The van der Waals surface area contributed by atoms with Gasteiger partial charge in [0.25, 0.3) is 0 Å². The van der Waals surface area contributed by atoms with Crippen LogP contribution in [-0.2, 0) is 22.6 Å². The Morgan fingerprint density at radius 2 is 1.88 bits per heavy atom. The van der Waals surface area contributed by atoms with Gasteiger partial charge in [-0.2, -0.15) is 0 Å². The van der Waals surface area contributed by atoms with Crippen molar-refractivity contribution in [3.05, 3.63) is 66.0 Å². The number of hydrogen-bond donors (Lipinski definition) is 0. The molecule has 1 aromatic heterocycles. The van der Waals surface area contributed by atoms with Crippen LogP contribution in [-0.4, -0.2) is 68.0 Å². The number of amides is 2. The molecule has 1 fully saturated rings. The van der Waals surface area contributed by atoms with Crippen molar-refractivity contribution in [3.63, 3.8) is 0 Å². The number of hydrogen-bond acceptors (Lipinski definition) is 5. The number of carbonyl (C=O) groups is 2. The van der Waals surface area contributed by atoms with E-state index in [0.29, 0.717) is 45.6 Å². The van der Waals surface area contributed by atoms with E-state index in [1.807, 2.05) is 28.9 Å². The summed E-state index contributed by atoms with van der Waals surface area (Å²) < 4.78 is 1.55. The van der Waals surface area contributed by atoms with Gasteiger partial charge in [0.2, 0.25) is 11.8 Å². The van der Waals surface area contributed by atoms with Crippen LogP contribution in [0.4, 0.5) is 0 Å². The van der Waals surface area contributed by atoms with Gasteiger partial charge in [-0.05, 0) is 47.4 Å². The molecule has 0 N–H and O–H groups in total. The van der Waals surface area contributed by atoms with Crippen molar-refractivity contribution in [1.82, 2.24) is 30.0 Å². The molecule has 172 valence electrons. The number of tetrazole rings is 1. The Kier molecular flexibility index (Phi) is 7.12. The van der Waals surface area contributed by atoms with Crippen molar-refractivity contribution in [3.8, 4) is 11.1 Å². The van der Waals surface area contributed by atoms with E-state index in [-0.39, 0.29) is 17.7 Å². The van der Waals surface area contributed by atoms with Crippen molar-refractivity contribution >= 4 is 11.8 Å². The van der Waals surface area contributed by atoms with Gasteiger partial charge in [0.05, 0.1) is 12.5 Å². The maximum Gasteiger partial charge on any atom is 0.227 e. The lowest BCUT2D eigenvalue weighted by Crippen LogP contribution is -2.38. The molecule has 0 aliphatic carbocycles. The van der Waals surface area contributed by atoms with Gasteiger partial charge in [-0.15, -0.1) is 5.10 Å². The number of aryl methyl sites for hydroxylation is 2. The molecule has 3 aromatic rings. The third-order valence-electron chi connectivity index (χ3n) is 6.27. The fraction of sp³-hybridized carbons (Fsp3) is 0.400. The second kappa shape index (κ2) is 10.4. The minimum Gasteiger partial charge on any atom is -0.341 e. The van der Waals surface area contributed by atoms with E-state index in [1.54, 1.807) is 4.68 Å². The van der Waals surface area contributed by atoms with E-state index >= 15 is 0 Å². The van der Waals surface area contributed by atoms with Gasteiger partial charge in [-0.25, -0.2) is 4.68 Å². The van der Waals surface area contributed by atoms with Gasteiger partial charge < -0.3 is 9.80 Å². The molecule has 1 aliphatic heterocycles. The van der Waals surface area contributed by atoms with Crippen LogP contribution < -0.4 is 0 Å². The van der Waals surface area contributed by atoms with Gasteiger partial charge in [-0.3, -0.25) is 9.59 Å². The topological polar surface area (TPSA) is 84.2 Å². The third kappa shape index (κ3) is 5.45. The van der Waals surface area contributed by atoms with Gasteiger partial charge in [0.1, 0.15) is 6.33 Å². The molecule has 8 nitrogen and oxygen atoms in total.